The van der Waals surface area contributed by atoms with E-state index in [1.165, 1.54) is 19.3 Å². The van der Waals surface area contributed by atoms with E-state index in [0.717, 1.165) is 18.4 Å². The number of nitrogens with zero attached hydrogens (tertiary/aromatic N) is 2. The van der Waals surface area contributed by atoms with Crippen molar-refractivity contribution in [1.29, 1.82) is 0 Å². The summed E-state index contributed by atoms with van der Waals surface area (Å²) in [4.78, 5) is 28.9. The van der Waals surface area contributed by atoms with Gasteiger partial charge in [-0.15, -0.1) is 0 Å². The Bertz CT molecular complexity index is 703. The van der Waals surface area contributed by atoms with Crippen molar-refractivity contribution in [3.63, 3.8) is 0 Å². The van der Waals surface area contributed by atoms with Crippen LogP contribution in [-0.2, 0) is 4.79 Å². The van der Waals surface area contributed by atoms with Crippen LogP contribution in [0.25, 0.3) is 0 Å². The van der Waals surface area contributed by atoms with Gasteiger partial charge in [0.25, 0.3) is 0 Å². The molecule has 1 saturated heterocycles. The molecule has 0 unspecified atom stereocenters. The lowest BCUT2D eigenvalue weighted by Crippen LogP contribution is -2.57. The van der Waals surface area contributed by atoms with Crippen molar-refractivity contribution in [2.75, 3.05) is 33.9 Å². The highest BCUT2D eigenvalue weighted by molar-refractivity contribution is 5.85. The van der Waals surface area contributed by atoms with Crippen LogP contribution < -0.4 is 14.8 Å². The van der Waals surface area contributed by atoms with Crippen LogP contribution >= 0.6 is 0 Å². The van der Waals surface area contributed by atoms with Crippen LogP contribution in [-0.4, -0.2) is 61.6 Å². The van der Waals surface area contributed by atoms with Gasteiger partial charge in [0.15, 0.2) is 0 Å². The normalized spacial score (nSPS) is 19.3. The largest absolute Gasteiger partial charge is 0.497 e. The fraction of sp³-hybridized carbons (Fsp3) is 0.619. The summed E-state index contributed by atoms with van der Waals surface area (Å²) in [6.07, 6.45) is 5.82. The van der Waals surface area contributed by atoms with E-state index in [-0.39, 0.29) is 24.5 Å². The van der Waals surface area contributed by atoms with Crippen molar-refractivity contribution in [3.8, 4) is 11.5 Å². The molecule has 0 spiro atoms. The summed E-state index contributed by atoms with van der Waals surface area (Å²) in [5.41, 5.74) is 0.836. The molecule has 1 N–H and O–H groups in total. The molecular weight excluding hydrogens is 358 g/mol. The van der Waals surface area contributed by atoms with E-state index in [9.17, 15) is 9.59 Å². The molecule has 0 radical (unpaired) electrons. The number of hydrogen-bond acceptors (Lipinski definition) is 4. The molecule has 3 amide bonds. The van der Waals surface area contributed by atoms with Crippen molar-refractivity contribution in [1.82, 2.24) is 15.1 Å². The Kier molecular flexibility index (Phi) is 6.65. The molecule has 1 aromatic rings. The number of nitrogens with one attached hydrogen (secondary N) is 1. The molecule has 1 atom stereocenters. The van der Waals surface area contributed by atoms with E-state index in [4.69, 9.17) is 9.47 Å². The second-order valence-electron chi connectivity index (χ2n) is 7.58. The average Bonchev–Trinajstić information content (AvgIpc) is 2.73. The molecular formula is C21H31N3O4. The number of carbonyl (C=O) groups excluding carboxylic acids is 2. The van der Waals surface area contributed by atoms with Crippen LogP contribution in [0.1, 0.15) is 50.6 Å². The molecule has 1 heterocycles. The SMILES string of the molecule is COc1ccc(OC)c([C@@H](C)NC(=O)N2CCN(C3CCCCC3)C(=O)C2)c1. The standard InChI is InChI=1S/C21H31N3O4/c1-15(18-13-17(27-2)9-10-19(18)28-3)22-21(26)23-11-12-24(20(25)14-23)16-7-5-4-6-8-16/h9-10,13,15-16H,4-8,11-12,14H2,1-3H3,(H,22,26)/t15-/m1/s1. The quantitative estimate of drug-likeness (QED) is 0.841. The highest BCUT2D eigenvalue weighted by Crippen LogP contribution is 2.29. The van der Waals surface area contributed by atoms with Gasteiger partial charge in [0, 0.05) is 24.7 Å². The summed E-state index contributed by atoms with van der Waals surface area (Å²) in [5, 5.41) is 2.99. The van der Waals surface area contributed by atoms with Gasteiger partial charge in [-0.05, 0) is 38.0 Å². The maximum Gasteiger partial charge on any atom is 0.318 e. The number of ether oxygens (including phenoxy) is 2. The summed E-state index contributed by atoms with van der Waals surface area (Å²) in [7, 11) is 3.20. The molecule has 2 aliphatic rings. The van der Waals surface area contributed by atoms with Crippen LogP contribution in [0.4, 0.5) is 4.79 Å². The number of piperazine rings is 1. The Morgan fingerprint density at radius 2 is 1.89 bits per heavy atom. The van der Waals surface area contributed by atoms with E-state index in [0.29, 0.717) is 30.6 Å². The van der Waals surface area contributed by atoms with Gasteiger partial charge in [-0.3, -0.25) is 4.79 Å². The Hall–Kier alpha value is -2.44. The summed E-state index contributed by atoms with van der Waals surface area (Å²) >= 11 is 0. The zero-order valence-corrected chi connectivity index (χ0v) is 17.1. The third-order valence-corrected chi connectivity index (χ3v) is 5.80. The molecule has 3 rings (SSSR count). The molecule has 1 saturated carbocycles. The number of methoxy groups -OCH3 is 2. The minimum absolute atomic E-state index is 0.0555. The first-order chi connectivity index (χ1) is 13.5. The maximum atomic E-state index is 12.7. The lowest BCUT2D eigenvalue weighted by molar-refractivity contribution is -0.138. The molecule has 2 fully saturated rings. The van der Waals surface area contributed by atoms with Gasteiger partial charge in [0.1, 0.15) is 18.0 Å². The van der Waals surface area contributed by atoms with E-state index in [2.05, 4.69) is 5.32 Å². The third-order valence-electron chi connectivity index (χ3n) is 5.80. The number of rotatable bonds is 5. The first kappa shape index (κ1) is 20.3. The van der Waals surface area contributed by atoms with Crippen molar-refractivity contribution in [2.24, 2.45) is 0 Å². The zero-order chi connectivity index (χ0) is 20.1. The fourth-order valence-electron chi connectivity index (χ4n) is 4.17. The molecule has 28 heavy (non-hydrogen) atoms. The van der Waals surface area contributed by atoms with Crippen molar-refractivity contribution >= 4 is 11.9 Å². The van der Waals surface area contributed by atoms with Crippen LogP contribution in [0.5, 0.6) is 11.5 Å². The van der Waals surface area contributed by atoms with Crippen molar-refractivity contribution < 1.29 is 19.1 Å². The van der Waals surface area contributed by atoms with Gasteiger partial charge < -0.3 is 24.6 Å². The van der Waals surface area contributed by atoms with Gasteiger partial charge in [0.2, 0.25) is 5.91 Å². The number of carbonyl (C=O) groups is 2. The third kappa shape index (κ3) is 4.51. The van der Waals surface area contributed by atoms with E-state index in [1.54, 1.807) is 19.1 Å². The second-order valence-corrected chi connectivity index (χ2v) is 7.58. The fourth-order valence-corrected chi connectivity index (χ4v) is 4.17. The van der Waals surface area contributed by atoms with E-state index in [1.807, 2.05) is 30.0 Å². The smallest absolute Gasteiger partial charge is 0.318 e. The Morgan fingerprint density at radius 3 is 2.54 bits per heavy atom. The summed E-state index contributed by atoms with van der Waals surface area (Å²) in [5.74, 6) is 1.44. The zero-order valence-electron chi connectivity index (χ0n) is 17.1. The molecule has 154 valence electrons. The van der Waals surface area contributed by atoms with Crippen LogP contribution in [0.2, 0.25) is 0 Å². The van der Waals surface area contributed by atoms with Crippen LogP contribution in [0.3, 0.4) is 0 Å². The first-order valence-electron chi connectivity index (χ1n) is 10.1. The average molecular weight is 389 g/mol. The highest BCUT2D eigenvalue weighted by atomic mass is 16.5. The van der Waals surface area contributed by atoms with Crippen molar-refractivity contribution in [3.05, 3.63) is 23.8 Å². The van der Waals surface area contributed by atoms with E-state index < -0.39 is 0 Å². The van der Waals surface area contributed by atoms with Gasteiger partial charge in [0.05, 0.1) is 20.3 Å². The predicted molar refractivity (Wildman–Crippen MR) is 107 cm³/mol. The maximum absolute atomic E-state index is 12.7. The lowest BCUT2D eigenvalue weighted by atomic mass is 9.93. The van der Waals surface area contributed by atoms with Crippen LogP contribution in [0.15, 0.2) is 18.2 Å². The summed E-state index contributed by atoms with van der Waals surface area (Å²) in [6.45, 7) is 3.23. The highest BCUT2D eigenvalue weighted by Gasteiger charge is 2.32. The van der Waals surface area contributed by atoms with Gasteiger partial charge in [-0.25, -0.2) is 4.79 Å². The van der Waals surface area contributed by atoms with Crippen LogP contribution in [0, 0.1) is 0 Å². The van der Waals surface area contributed by atoms with Crippen molar-refractivity contribution in [2.45, 2.75) is 51.1 Å². The topological polar surface area (TPSA) is 71.1 Å². The lowest BCUT2D eigenvalue weighted by Gasteiger charge is -2.40. The van der Waals surface area contributed by atoms with Gasteiger partial charge >= 0.3 is 6.03 Å². The summed E-state index contributed by atoms with van der Waals surface area (Å²) in [6, 6.07) is 5.35. The monoisotopic (exact) mass is 389 g/mol. The molecule has 7 nitrogen and oxygen atoms in total. The number of benzene rings is 1. The minimum atomic E-state index is -0.274. The number of amides is 3. The molecule has 0 aromatic heterocycles. The molecule has 1 aromatic carbocycles. The Labute approximate surface area is 167 Å². The molecule has 0 bridgehead atoms. The Morgan fingerprint density at radius 1 is 1.14 bits per heavy atom. The second kappa shape index (κ2) is 9.17. The first-order valence-corrected chi connectivity index (χ1v) is 10.1. The van der Waals surface area contributed by atoms with E-state index >= 15 is 0 Å². The number of hydrogen-bond donors (Lipinski definition) is 1. The van der Waals surface area contributed by atoms with Gasteiger partial charge in [-0.2, -0.15) is 0 Å². The predicted octanol–water partition coefficient (Wildman–Crippen LogP) is 2.95. The Balaban J connectivity index is 1.60. The molecule has 1 aliphatic heterocycles. The number of urea groups is 1. The molecule has 1 aliphatic carbocycles. The summed E-state index contributed by atoms with van der Waals surface area (Å²) < 4.78 is 10.7. The molecule has 7 heteroatoms. The minimum Gasteiger partial charge on any atom is -0.497 e. The van der Waals surface area contributed by atoms with Gasteiger partial charge in [-0.1, -0.05) is 19.3 Å².